The van der Waals surface area contributed by atoms with Crippen molar-refractivity contribution in [2.75, 3.05) is 11.1 Å². The molecular weight excluding hydrogens is 402 g/mol. The standard InChI is InChI=1S/C19H18ClN3O2S2/c1-10-12(20)6-4-7-13(10)21-15(24)9-26-19-22-17(25)16-11-5-2-3-8-14(11)27-18(16)23-19/h4,6-7H,2-3,5,8-9H2,1H3,(H,21,24)(H,22,23,25). The molecule has 1 amide bonds. The predicted octanol–water partition coefficient (Wildman–Crippen LogP) is 4.56. The molecule has 0 unspecified atom stereocenters. The van der Waals surface area contributed by atoms with Gasteiger partial charge in [-0.05, 0) is 55.9 Å². The number of nitrogens with zero attached hydrogens (tertiary/aromatic N) is 1. The van der Waals surface area contributed by atoms with Crippen molar-refractivity contribution >= 4 is 56.5 Å². The number of amides is 1. The molecule has 2 N–H and O–H groups in total. The minimum absolute atomic E-state index is 0.104. The molecule has 140 valence electrons. The number of carbonyl (C=O) groups is 1. The quantitative estimate of drug-likeness (QED) is 0.480. The molecule has 0 bridgehead atoms. The summed E-state index contributed by atoms with van der Waals surface area (Å²) >= 11 is 8.92. The number of hydrogen-bond donors (Lipinski definition) is 2. The fourth-order valence-corrected chi connectivity index (χ4v) is 5.43. The Morgan fingerprint density at radius 2 is 2.19 bits per heavy atom. The highest BCUT2D eigenvalue weighted by Gasteiger charge is 2.20. The van der Waals surface area contributed by atoms with Crippen molar-refractivity contribution in [3.63, 3.8) is 0 Å². The van der Waals surface area contributed by atoms with Crippen LogP contribution in [0.15, 0.2) is 28.2 Å². The highest BCUT2D eigenvalue weighted by atomic mass is 35.5. The van der Waals surface area contributed by atoms with Crippen molar-refractivity contribution in [2.24, 2.45) is 0 Å². The highest BCUT2D eigenvalue weighted by molar-refractivity contribution is 7.99. The molecule has 1 aliphatic rings. The van der Waals surface area contributed by atoms with Gasteiger partial charge in [-0.1, -0.05) is 29.4 Å². The molecule has 0 radical (unpaired) electrons. The number of anilines is 1. The average Bonchev–Trinajstić information content (AvgIpc) is 3.02. The van der Waals surface area contributed by atoms with Gasteiger partial charge in [-0.15, -0.1) is 11.3 Å². The van der Waals surface area contributed by atoms with Crippen LogP contribution in [0.3, 0.4) is 0 Å². The van der Waals surface area contributed by atoms with Crippen LogP contribution < -0.4 is 10.9 Å². The summed E-state index contributed by atoms with van der Waals surface area (Å²) in [4.78, 5) is 34.3. The molecule has 0 saturated carbocycles. The minimum atomic E-state index is -0.168. The van der Waals surface area contributed by atoms with Crippen molar-refractivity contribution < 1.29 is 4.79 Å². The van der Waals surface area contributed by atoms with E-state index in [1.165, 1.54) is 28.6 Å². The number of carbonyl (C=O) groups excluding carboxylic acids is 1. The largest absolute Gasteiger partial charge is 0.325 e. The summed E-state index contributed by atoms with van der Waals surface area (Å²) in [5.41, 5.74) is 2.58. The minimum Gasteiger partial charge on any atom is -0.325 e. The van der Waals surface area contributed by atoms with Crippen LogP contribution in [-0.2, 0) is 17.6 Å². The van der Waals surface area contributed by atoms with E-state index in [9.17, 15) is 9.59 Å². The molecule has 0 fully saturated rings. The van der Waals surface area contributed by atoms with Crippen molar-refractivity contribution in [1.29, 1.82) is 0 Å². The van der Waals surface area contributed by atoms with E-state index in [4.69, 9.17) is 11.6 Å². The van der Waals surface area contributed by atoms with E-state index in [2.05, 4.69) is 15.3 Å². The number of benzene rings is 1. The maximum Gasteiger partial charge on any atom is 0.260 e. The van der Waals surface area contributed by atoms with Crippen molar-refractivity contribution in [3.8, 4) is 0 Å². The van der Waals surface area contributed by atoms with E-state index in [0.29, 0.717) is 15.9 Å². The second-order valence-corrected chi connectivity index (χ2v) is 8.97. The molecule has 0 spiro atoms. The second-order valence-electron chi connectivity index (χ2n) is 6.51. The average molecular weight is 420 g/mol. The van der Waals surface area contributed by atoms with E-state index >= 15 is 0 Å². The van der Waals surface area contributed by atoms with Gasteiger partial charge in [0.2, 0.25) is 5.91 Å². The lowest BCUT2D eigenvalue weighted by Crippen LogP contribution is -2.16. The number of aromatic nitrogens is 2. The Kier molecular flexibility index (Phi) is 5.25. The van der Waals surface area contributed by atoms with Gasteiger partial charge < -0.3 is 10.3 Å². The van der Waals surface area contributed by atoms with Crippen molar-refractivity contribution in [2.45, 2.75) is 37.8 Å². The fraction of sp³-hybridized carbons (Fsp3) is 0.316. The summed E-state index contributed by atoms with van der Waals surface area (Å²) in [5, 5.41) is 4.67. The molecule has 2 heterocycles. The molecule has 1 aliphatic carbocycles. The fourth-order valence-electron chi connectivity index (χ4n) is 3.28. The van der Waals surface area contributed by atoms with Crippen molar-refractivity contribution in [1.82, 2.24) is 9.97 Å². The number of aromatic amines is 1. The number of halogens is 1. The van der Waals surface area contributed by atoms with Crippen LogP contribution in [0.5, 0.6) is 0 Å². The smallest absolute Gasteiger partial charge is 0.260 e. The van der Waals surface area contributed by atoms with Crippen LogP contribution in [0.2, 0.25) is 5.02 Å². The van der Waals surface area contributed by atoms with E-state index in [1.807, 2.05) is 13.0 Å². The van der Waals surface area contributed by atoms with Gasteiger partial charge in [0.1, 0.15) is 4.83 Å². The first-order chi connectivity index (χ1) is 13.0. The highest BCUT2D eigenvalue weighted by Crippen LogP contribution is 2.34. The summed E-state index contributed by atoms with van der Waals surface area (Å²) < 4.78 is 0. The molecule has 0 atom stereocenters. The van der Waals surface area contributed by atoms with Crippen LogP contribution in [0.4, 0.5) is 5.69 Å². The predicted molar refractivity (Wildman–Crippen MR) is 112 cm³/mol. The van der Waals surface area contributed by atoms with Gasteiger partial charge in [0.05, 0.1) is 11.1 Å². The van der Waals surface area contributed by atoms with Gasteiger partial charge in [0, 0.05) is 15.6 Å². The normalized spacial score (nSPS) is 13.6. The van der Waals surface area contributed by atoms with E-state index in [1.54, 1.807) is 23.5 Å². The zero-order chi connectivity index (χ0) is 19.0. The molecular formula is C19H18ClN3O2S2. The van der Waals surface area contributed by atoms with Gasteiger partial charge >= 0.3 is 0 Å². The topological polar surface area (TPSA) is 74.8 Å². The number of fused-ring (bicyclic) bond motifs is 3. The molecule has 2 aromatic heterocycles. The lowest BCUT2D eigenvalue weighted by atomic mass is 9.97. The Morgan fingerprint density at radius 3 is 3.04 bits per heavy atom. The first-order valence-corrected chi connectivity index (χ1v) is 10.9. The molecule has 8 heteroatoms. The second kappa shape index (κ2) is 7.66. The first-order valence-electron chi connectivity index (χ1n) is 8.75. The van der Waals surface area contributed by atoms with Gasteiger partial charge in [0.25, 0.3) is 5.56 Å². The molecule has 0 aliphatic heterocycles. The molecule has 1 aromatic carbocycles. The number of H-pyrrole nitrogens is 1. The Balaban J connectivity index is 1.50. The summed E-state index contributed by atoms with van der Waals surface area (Å²) in [6, 6.07) is 5.39. The molecule has 27 heavy (non-hydrogen) atoms. The lowest BCUT2D eigenvalue weighted by Gasteiger charge is -2.10. The van der Waals surface area contributed by atoms with Crippen LogP contribution in [-0.4, -0.2) is 21.6 Å². The van der Waals surface area contributed by atoms with Crippen LogP contribution in [0.1, 0.15) is 28.8 Å². The lowest BCUT2D eigenvalue weighted by molar-refractivity contribution is -0.113. The Labute approximate surface area is 169 Å². The third-order valence-corrected chi connectivity index (χ3v) is 7.15. The van der Waals surface area contributed by atoms with Gasteiger partial charge in [-0.3, -0.25) is 9.59 Å². The number of thioether (sulfide) groups is 1. The Bertz CT molecular complexity index is 1090. The van der Waals surface area contributed by atoms with E-state index in [-0.39, 0.29) is 17.2 Å². The van der Waals surface area contributed by atoms with E-state index < -0.39 is 0 Å². The van der Waals surface area contributed by atoms with Gasteiger partial charge in [-0.2, -0.15) is 0 Å². The molecule has 0 saturated heterocycles. The number of hydrogen-bond acceptors (Lipinski definition) is 5. The third kappa shape index (κ3) is 3.77. The first kappa shape index (κ1) is 18.5. The molecule has 4 rings (SSSR count). The monoisotopic (exact) mass is 419 g/mol. The zero-order valence-electron chi connectivity index (χ0n) is 14.7. The Hall–Kier alpha value is -1.83. The van der Waals surface area contributed by atoms with Gasteiger partial charge in [-0.25, -0.2) is 4.98 Å². The molecule has 5 nitrogen and oxygen atoms in total. The van der Waals surface area contributed by atoms with Crippen LogP contribution in [0.25, 0.3) is 10.2 Å². The summed E-state index contributed by atoms with van der Waals surface area (Å²) in [5.74, 6) is -0.00975. The third-order valence-electron chi connectivity index (χ3n) is 4.69. The van der Waals surface area contributed by atoms with Crippen molar-refractivity contribution in [3.05, 3.63) is 49.6 Å². The summed E-state index contributed by atoms with van der Waals surface area (Å²) in [6.45, 7) is 1.86. The van der Waals surface area contributed by atoms with E-state index in [0.717, 1.165) is 35.0 Å². The number of thiophene rings is 1. The molecule has 3 aromatic rings. The van der Waals surface area contributed by atoms with Gasteiger partial charge in [0.15, 0.2) is 5.16 Å². The van der Waals surface area contributed by atoms with Crippen LogP contribution in [0, 0.1) is 6.92 Å². The SMILES string of the molecule is Cc1c(Cl)cccc1NC(=O)CSc1nc2sc3c(c2c(=O)[nH]1)CCCC3. The summed E-state index contributed by atoms with van der Waals surface area (Å²) in [6.07, 6.45) is 4.27. The maximum atomic E-state index is 12.5. The number of nitrogens with one attached hydrogen (secondary N) is 2. The zero-order valence-corrected chi connectivity index (χ0v) is 17.1. The summed E-state index contributed by atoms with van der Waals surface area (Å²) in [7, 11) is 0. The van der Waals surface area contributed by atoms with Crippen LogP contribution >= 0.6 is 34.7 Å². The number of aryl methyl sites for hydroxylation is 2. The maximum absolute atomic E-state index is 12.5. The Morgan fingerprint density at radius 1 is 1.37 bits per heavy atom. The number of rotatable bonds is 4.